The Labute approximate surface area is 736 Å². The Hall–Kier alpha value is -3.39. The van der Waals surface area contributed by atoms with Crippen LogP contribution in [0.4, 0.5) is 0 Å². The lowest BCUT2D eigenvalue weighted by molar-refractivity contribution is -0.111. The van der Waals surface area contributed by atoms with Crippen molar-refractivity contribution in [3.63, 3.8) is 0 Å². The molecule has 0 fully saturated rings. The second-order valence-electron chi connectivity index (χ2n) is 31.8. The molecule has 682 valence electrons. The fraction of sp³-hybridized carbons (Fsp3) is 0.776. The summed E-state index contributed by atoms with van der Waals surface area (Å²) in [5.74, 6) is 0.469. The molecule has 116 heavy (non-hydrogen) atoms. The number of aliphatic hydroxyl groups excluding tert-OH is 2. The molecule has 0 radical (unpaired) electrons. The molecule has 0 aliphatic heterocycles. The van der Waals surface area contributed by atoms with E-state index in [1.807, 2.05) is 0 Å². The number of carbonyl (C=O) groups excluding carboxylic acids is 1. The van der Waals surface area contributed by atoms with E-state index in [4.69, 9.17) is 9.29 Å². The van der Waals surface area contributed by atoms with E-state index in [9.17, 15) is 23.6 Å². The number of nitriles is 1. The summed E-state index contributed by atoms with van der Waals surface area (Å²) >= 11 is 3.38. The molecular formula is C107H200BrNO6S. The maximum Gasteiger partial charge on any atom is 0.264 e. The number of hydrogen-bond donors (Lipinski definition) is 2. The molecule has 0 saturated heterocycles. The highest BCUT2D eigenvalue weighted by Gasteiger charge is 2.14. The van der Waals surface area contributed by atoms with Crippen LogP contribution in [0.3, 0.4) is 0 Å². The summed E-state index contributed by atoms with van der Waals surface area (Å²) in [5, 5.41) is 28.5. The van der Waals surface area contributed by atoms with E-state index in [0.29, 0.717) is 0 Å². The first-order chi connectivity index (χ1) is 56.7. The molecule has 0 rings (SSSR count). The lowest BCUT2D eigenvalue weighted by atomic mass is 9.98. The fourth-order valence-corrected chi connectivity index (χ4v) is 13.0. The molecule has 0 aromatic rings. The molecule has 0 aliphatic carbocycles. The normalized spacial score (nSPS) is 11.9. The van der Waals surface area contributed by atoms with Crippen LogP contribution in [-0.2, 0) is 19.1 Å². The Morgan fingerprint density at radius 1 is 0.293 bits per heavy atom. The molecule has 0 bridgehead atoms. The van der Waals surface area contributed by atoms with Gasteiger partial charge in [0, 0.05) is 23.8 Å². The molecule has 0 atom stereocenters. The zero-order chi connectivity index (χ0) is 87.2. The van der Waals surface area contributed by atoms with Gasteiger partial charge in [-0.2, -0.15) is 13.7 Å². The quantitative estimate of drug-likeness (QED) is 0.0204. The van der Waals surface area contributed by atoms with Crippen LogP contribution in [0, 0.1) is 23.2 Å². The van der Waals surface area contributed by atoms with Crippen molar-refractivity contribution in [1.29, 1.82) is 5.26 Å². The number of unbranched alkanes of at least 4 members (excludes halogenated alkanes) is 34. The second kappa shape index (κ2) is 122. The van der Waals surface area contributed by atoms with Gasteiger partial charge in [0.1, 0.15) is 6.29 Å². The molecule has 0 saturated carbocycles. The van der Waals surface area contributed by atoms with Crippen LogP contribution in [0.25, 0.3) is 0 Å². The first kappa shape index (κ1) is 126. The van der Waals surface area contributed by atoms with Crippen LogP contribution in [0.15, 0.2) is 134 Å². The molecule has 7 nitrogen and oxygen atoms in total. The van der Waals surface area contributed by atoms with Gasteiger partial charge in [0.15, 0.2) is 0 Å². The van der Waals surface area contributed by atoms with Gasteiger partial charge in [-0.3, -0.25) is 4.18 Å². The zero-order valence-corrected chi connectivity index (χ0v) is 81.9. The van der Waals surface area contributed by atoms with Crippen LogP contribution in [0.5, 0.6) is 0 Å². The third kappa shape index (κ3) is 137. The minimum Gasteiger partial charge on any atom is -0.396 e. The SMILES string of the molecule is CCC/C=C\CCCCC.CCCCC/C=C\CCBr.CCCCC/C=C\CCC(C#N)CC/C=C\CCCCC.CCCCC/C=C\CCC(C=O)CC/C=C\CCCCC.CCCCC/C=C\CCC(CC/C=C\CCCCC)OS(C)(=O)=O.CCCCC/C=C\CCC(O)CC/C=C\CCCCC.CCCCC/C=C\CCO. The van der Waals surface area contributed by atoms with Crippen LogP contribution in [0.1, 0.15) is 494 Å². The first-order valence-electron chi connectivity index (χ1n) is 49.5. The van der Waals surface area contributed by atoms with Gasteiger partial charge in [-0.15, -0.1) is 0 Å². The molecule has 0 amide bonds. The van der Waals surface area contributed by atoms with Crippen molar-refractivity contribution in [3.8, 4) is 6.07 Å². The number of nitrogens with zero attached hydrogens (tertiary/aromatic N) is 1. The summed E-state index contributed by atoms with van der Waals surface area (Å²) in [5.41, 5.74) is 0. The predicted molar refractivity (Wildman–Crippen MR) is 529 cm³/mol. The van der Waals surface area contributed by atoms with Crippen molar-refractivity contribution in [2.45, 2.75) is 506 Å². The monoisotopic (exact) mass is 1710 g/mol. The van der Waals surface area contributed by atoms with Crippen LogP contribution >= 0.6 is 15.9 Å². The van der Waals surface area contributed by atoms with Crippen LogP contribution in [-0.4, -0.2) is 55.3 Å². The Morgan fingerprint density at radius 2 is 0.500 bits per heavy atom. The van der Waals surface area contributed by atoms with Gasteiger partial charge in [-0.1, -0.05) is 380 Å². The number of allylic oxidation sites excluding steroid dienone is 21. The standard InChI is InChI=1S/C20H35N.C20H38O3S.C20H36O.C19H36O.C10H20.C9H17Br.C9H18O/c1-3-5-7-9-11-13-15-17-20(19-21)18-16-14-12-10-8-6-4-2;1-4-6-8-10-12-14-16-18-20(23-24(3,21)22)19-17-15-13-11-9-7-5-2;1-3-5-7-9-11-13-15-17-20(19-21)18-16-14-12-10-8-6-4-2;1-3-5-7-9-11-13-15-17-19(20)18-16-14-12-10-8-6-4-2;1-3-5-7-9-10-8-6-4-2;2*1-2-3-4-5-6-7-8-9-10/h11-14,20H,3-10,15-18H2,1-2H3;12-15,20H,4-11,16-19H2,1-3H3;11-14,19-20H,3-10,15-18H2,1-2H3;11-14,19-20H,3-10,15-18H2,1-2H3;7,9H,3-6,8,10H2,1-2H3;6-7H,2-5,8-9H2,1H3;6-7,10H,2-5,8-9H2,1H3/b13-11-,14-12-;14-12-,15-13-;2*13-11-,14-12-;9-7-;2*7-6-. The van der Waals surface area contributed by atoms with Gasteiger partial charge in [-0.05, 0) is 263 Å². The van der Waals surface area contributed by atoms with Gasteiger partial charge >= 0.3 is 0 Å². The van der Waals surface area contributed by atoms with E-state index >= 15 is 0 Å². The number of halogens is 1. The highest BCUT2D eigenvalue weighted by molar-refractivity contribution is 9.09. The van der Waals surface area contributed by atoms with Crippen molar-refractivity contribution in [1.82, 2.24) is 0 Å². The van der Waals surface area contributed by atoms with Crippen molar-refractivity contribution in [2.75, 3.05) is 18.2 Å². The van der Waals surface area contributed by atoms with Gasteiger partial charge in [0.25, 0.3) is 10.1 Å². The van der Waals surface area contributed by atoms with E-state index in [1.54, 1.807) is 0 Å². The highest BCUT2D eigenvalue weighted by Crippen LogP contribution is 2.19. The summed E-state index contributed by atoms with van der Waals surface area (Å²) in [6.45, 7) is 27.0. The van der Waals surface area contributed by atoms with Crippen LogP contribution < -0.4 is 0 Å². The smallest absolute Gasteiger partial charge is 0.264 e. The van der Waals surface area contributed by atoms with Gasteiger partial charge in [0.2, 0.25) is 0 Å². The number of alkyl halides is 1. The fourth-order valence-electron chi connectivity index (χ4n) is 12.1. The first-order valence-corrected chi connectivity index (χ1v) is 52.4. The molecule has 0 aromatic heterocycles. The Morgan fingerprint density at radius 3 is 0.707 bits per heavy atom. The minimum absolute atomic E-state index is 0.129. The summed E-state index contributed by atoms with van der Waals surface area (Å²) < 4.78 is 28.0. The van der Waals surface area contributed by atoms with Crippen molar-refractivity contribution in [2.24, 2.45) is 11.8 Å². The number of aliphatic hydroxyl groups is 2. The number of carbonyl (C=O) groups is 1. The molecular weight excluding hydrogens is 1510 g/mol. The average Bonchev–Trinajstić information content (AvgIpc) is 0.928. The van der Waals surface area contributed by atoms with E-state index in [0.717, 1.165) is 140 Å². The Bertz CT molecular complexity index is 2140. The van der Waals surface area contributed by atoms with E-state index in [-0.39, 0.29) is 30.7 Å². The molecule has 0 heterocycles. The van der Waals surface area contributed by atoms with Gasteiger partial charge in [0.05, 0.1) is 24.5 Å². The molecule has 9 heteroatoms. The number of aldehydes is 1. The van der Waals surface area contributed by atoms with E-state index < -0.39 is 10.1 Å². The largest absolute Gasteiger partial charge is 0.396 e. The number of hydrogen-bond acceptors (Lipinski definition) is 7. The van der Waals surface area contributed by atoms with Crippen LogP contribution in [0.2, 0.25) is 0 Å². The van der Waals surface area contributed by atoms with Crippen molar-refractivity contribution >= 4 is 32.3 Å². The van der Waals surface area contributed by atoms with E-state index in [2.05, 4.69) is 239 Å². The lowest BCUT2D eigenvalue weighted by Crippen LogP contribution is -2.17. The lowest BCUT2D eigenvalue weighted by Gasteiger charge is -2.14. The summed E-state index contributed by atoms with van der Waals surface area (Å²) in [6.07, 6.45) is 127. The maximum absolute atomic E-state index is 11.4. The highest BCUT2D eigenvalue weighted by atomic mass is 79.9. The Balaban J connectivity index is -0.000000245. The molecule has 0 aromatic carbocycles. The Kier molecular flexibility index (Phi) is 133. The zero-order valence-electron chi connectivity index (χ0n) is 79.5. The predicted octanol–water partition coefficient (Wildman–Crippen LogP) is 36.3. The third-order valence-electron chi connectivity index (χ3n) is 19.7. The third-order valence-corrected chi connectivity index (χ3v) is 20.8. The second-order valence-corrected chi connectivity index (χ2v) is 34.2. The average molecular weight is 1710 g/mol. The number of rotatable bonds is 77. The minimum atomic E-state index is -3.38. The van der Waals surface area contributed by atoms with Crippen molar-refractivity contribution in [3.05, 3.63) is 134 Å². The molecule has 2 N–H and O–H groups in total. The summed E-state index contributed by atoms with van der Waals surface area (Å²) in [7, 11) is -3.38. The molecule has 0 unspecified atom stereocenters. The van der Waals surface area contributed by atoms with Crippen molar-refractivity contribution < 1.29 is 27.6 Å². The molecule has 0 aliphatic rings. The summed E-state index contributed by atoms with van der Waals surface area (Å²) in [6, 6.07) is 2.46. The maximum atomic E-state index is 11.4. The van der Waals surface area contributed by atoms with Gasteiger partial charge in [-0.25, -0.2) is 0 Å². The molecule has 0 spiro atoms. The topological polar surface area (TPSA) is 125 Å². The van der Waals surface area contributed by atoms with E-state index in [1.165, 1.54) is 289 Å². The summed E-state index contributed by atoms with van der Waals surface area (Å²) in [4.78, 5) is 11.1. The van der Waals surface area contributed by atoms with Gasteiger partial charge < -0.3 is 15.0 Å².